The first-order chi connectivity index (χ1) is 12.6. The number of aliphatic hydroxyl groups is 2. The Hall–Kier alpha value is -1.10. The van der Waals surface area contributed by atoms with Gasteiger partial charge in [0.25, 0.3) is 0 Å². The molecule has 0 heterocycles. The van der Waals surface area contributed by atoms with E-state index in [9.17, 15) is 15.3 Å². The lowest BCUT2D eigenvalue weighted by Gasteiger charge is -2.32. The van der Waals surface area contributed by atoms with Gasteiger partial charge in [0.1, 0.15) is 5.75 Å². The van der Waals surface area contributed by atoms with Crippen molar-refractivity contribution in [3.63, 3.8) is 0 Å². The zero-order valence-electron chi connectivity index (χ0n) is 18.3. The fraction of sp³-hybridized carbons (Fsp3) is 0.739. The van der Waals surface area contributed by atoms with Crippen molar-refractivity contribution in [2.45, 2.75) is 84.6 Å². The van der Waals surface area contributed by atoms with E-state index < -0.39 is 0 Å². The Morgan fingerprint density at radius 3 is 1.81 bits per heavy atom. The van der Waals surface area contributed by atoms with Gasteiger partial charge in [0, 0.05) is 44.0 Å². The second-order valence-corrected chi connectivity index (χ2v) is 8.94. The van der Waals surface area contributed by atoms with Gasteiger partial charge in [-0.05, 0) is 42.1 Å². The molecule has 3 N–H and O–H groups in total. The summed E-state index contributed by atoms with van der Waals surface area (Å²) < 4.78 is 0. The fourth-order valence-corrected chi connectivity index (χ4v) is 3.22. The molecule has 0 aromatic heterocycles. The Labute approximate surface area is 166 Å². The summed E-state index contributed by atoms with van der Waals surface area (Å²) in [6.45, 7) is 15.7. The summed E-state index contributed by atoms with van der Waals surface area (Å²) in [6.07, 6.45) is 3.37. The minimum absolute atomic E-state index is 0.0437. The molecule has 27 heavy (non-hydrogen) atoms. The number of nitrogens with zero attached hydrogens (tertiary/aromatic N) is 1. The van der Waals surface area contributed by atoms with Crippen LogP contribution in [0, 0.1) is 0 Å². The maximum absolute atomic E-state index is 11.1. The van der Waals surface area contributed by atoms with E-state index in [4.69, 9.17) is 0 Å². The van der Waals surface area contributed by atoms with Crippen molar-refractivity contribution in [1.82, 2.24) is 4.90 Å². The summed E-state index contributed by atoms with van der Waals surface area (Å²) in [4.78, 5) is 2.22. The van der Waals surface area contributed by atoms with Crippen molar-refractivity contribution in [3.8, 4) is 5.75 Å². The summed E-state index contributed by atoms with van der Waals surface area (Å²) in [5.74, 6) is 0.399. The highest BCUT2D eigenvalue weighted by molar-refractivity contribution is 5.49. The molecule has 0 aliphatic heterocycles. The maximum atomic E-state index is 11.1. The van der Waals surface area contributed by atoms with E-state index in [1.165, 1.54) is 5.56 Å². The Balaban J connectivity index is 3.37. The van der Waals surface area contributed by atoms with E-state index in [1.807, 2.05) is 0 Å². The highest BCUT2D eigenvalue weighted by Crippen LogP contribution is 2.40. The first-order valence-corrected chi connectivity index (χ1v) is 10.4. The Morgan fingerprint density at radius 2 is 1.37 bits per heavy atom. The molecule has 0 fully saturated rings. The molecule has 0 saturated heterocycles. The van der Waals surface area contributed by atoms with Crippen LogP contribution in [-0.2, 0) is 17.4 Å². The third kappa shape index (κ3) is 6.48. The van der Waals surface area contributed by atoms with Gasteiger partial charge < -0.3 is 15.3 Å². The third-order valence-electron chi connectivity index (χ3n) is 6.13. The molecule has 0 aliphatic rings. The van der Waals surface area contributed by atoms with Crippen molar-refractivity contribution in [2.75, 3.05) is 26.3 Å². The first-order valence-electron chi connectivity index (χ1n) is 10.4. The van der Waals surface area contributed by atoms with E-state index >= 15 is 0 Å². The monoisotopic (exact) mass is 379 g/mol. The molecule has 4 heteroatoms. The maximum Gasteiger partial charge on any atom is 0.123 e. The lowest BCUT2D eigenvalue weighted by Crippen LogP contribution is -2.28. The largest absolute Gasteiger partial charge is 0.507 e. The van der Waals surface area contributed by atoms with Crippen LogP contribution in [0.15, 0.2) is 12.1 Å². The van der Waals surface area contributed by atoms with Crippen LogP contribution < -0.4 is 0 Å². The molecule has 0 atom stereocenters. The summed E-state index contributed by atoms with van der Waals surface area (Å²) in [7, 11) is 0. The van der Waals surface area contributed by atoms with Crippen LogP contribution in [0.2, 0.25) is 0 Å². The fourth-order valence-electron chi connectivity index (χ4n) is 3.22. The summed E-state index contributed by atoms with van der Waals surface area (Å²) in [5, 5.41) is 29.5. The average Bonchev–Trinajstić information content (AvgIpc) is 2.64. The van der Waals surface area contributed by atoms with Gasteiger partial charge in [0.2, 0.25) is 0 Å². The second-order valence-electron chi connectivity index (χ2n) is 8.94. The molecule has 0 unspecified atom stereocenters. The Bertz CT molecular complexity index is 573. The molecule has 0 spiro atoms. The van der Waals surface area contributed by atoms with Crippen molar-refractivity contribution in [3.05, 3.63) is 28.8 Å². The van der Waals surface area contributed by atoms with E-state index in [1.54, 1.807) is 0 Å². The number of hydrogen-bond acceptors (Lipinski definition) is 4. The van der Waals surface area contributed by atoms with Crippen molar-refractivity contribution in [2.24, 2.45) is 0 Å². The zero-order valence-corrected chi connectivity index (χ0v) is 18.3. The molecule has 0 saturated carbocycles. The highest BCUT2D eigenvalue weighted by Gasteiger charge is 2.28. The zero-order chi connectivity index (χ0) is 20.7. The molecule has 1 aromatic rings. The van der Waals surface area contributed by atoms with Gasteiger partial charge in [-0.15, -0.1) is 0 Å². The number of phenols is 1. The molecule has 1 rings (SSSR count). The standard InChI is InChI=1S/C23H41NO3/c1-7-22(3,4)19-15-18(17-24(11-9-13-25)12-10-14-26)21(27)20(16-19)23(5,6)8-2/h15-16,25-27H,7-14,17H2,1-6H3. The van der Waals surface area contributed by atoms with E-state index in [0.717, 1.165) is 37.1 Å². The first kappa shape index (κ1) is 23.9. The predicted molar refractivity (Wildman–Crippen MR) is 113 cm³/mol. The van der Waals surface area contributed by atoms with Gasteiger partial charge in [-0.3, -0.25) is 4.90 Å². The number of hydrogen-bond donors (Lipinski definition) is 3. The number of rotatable bonds is 12. The van der Waals surface area contributed by atoms with Gasteiger partial charge in [-0.1, -0.05) is 53.7 Å². The summed E-state index contributed by atoms with van der Waals surface area (Å²) >= 11 is 0. The minimum Gasteiger partial charge on any atom is -0.507 e. The van der Waals surface area contributed by atoms with Crippen LogP contribution in [0.5, 0.6) is 5.75 Å². The van der Waals surface area contributed by atoms with E-state index in [0.29, 0.717) is 25.1 Å². The van der Waals surface area contributed by atoms with Gasteiger partial charge in [0.05, 0.1) is 0 Å². The molecular formula is C23H41NO3. The number of aromatic hydroxyl groups is 1. The molecule has 0 amide bonds. The van der Waals surface area contributed by atoms with Crippen molar-refractivity contribution < 1.29 is 15.3 Å². The van der Waals surface area contributed by atoms with Crippen LogP contribution in [0.1, 0.15) is 83.9 Å². The number of aliphatic hydroxyl groups excluding tert-OH is 2. The lowest BCUT2D eigenvalue weighted by molar-refractivity contribution is 0.195. The van der Waals surface area contributed by atoms with Crippen LogP contribution in [-0.4, -0.2) is 46.5 Å². The molecule has 4 nitrogen and oxygen atoms in total. The summed E-state index contributed by atoms with van der Waals surface area (Å²) in [6, 6.07) is 4.34. The Morgan fingerprint density at radius 1 is 0.852 bits per heavy atom. The quantitative estimate of drug-likeness (QED) is 0.506. The van der Waals surface area contributed by atoms with Gasteiger partial charge >= 0.3 is 0 Å². The summed E-state index contributed by atoms with van der Waals surface area (Å²) in [5.41, 5.74) is 3.17. The van der Waals surface area contributed by atoms with Gasteiger partial charge in [-0.2, -0.15) is 0 Å². The Kier molecular flexibility index (Phi) is 9.26. The van der Waals surface area contributed by atoms with Crippen LogP contribution in [0.4, 0.5) is 0 Å². The van der Waals surface area contributed by atoms with Gasteiger partial charge in [-0.25, -0.2) is 0 Å². The predicted octanol–water partition coefficient (Wildman–Crippen LogP) is 4.33. The molecule has 0 bridgehead atoms. The molecule has 0 radical (unpaired) electrons. The second kappa shape index (κ2) is 10.4. The number of benzene rings is 1. The van der Waals surface area contributed by atoms with Crippen LogP contribution in [0.25, 0.3) is 0 Å². The molecule has 0 aliphatic carbocycles. The lowest BCUT2D eigenvalue weighted by atomic mass is 9.75. The van der Waals surface area contributed by atoms with Gasteiger partial charge in [0.15, 0.2) is 0 Å². The van der Waals surface area contributed by atoms with E-state index in [-0.39, 0.29) is 24.0 Å². The average molecular weight is 380 g/mol. The van der Waals surface area contributed by atoms with Crippen molar-refractivity contribution in [1.29, 1.82) is 0 Å². The SMILES string of the molecule is CCC(C)(C)c1cc(CN(CCCO)CCCO)c(O)c(C(C)(C)CC)c1. The van der Waals surface area contributed by atoms with Crippen molar-refractivity contribution >= 4 is 0 Å². The smallest absolute Gasteiger partial charge is 0.123 e. The van der Waals surface area contributed by atoms with Crippen LogP contribution in [0.3, 0.4) is 0 Å². The molecular weight excluding hydrogens is 338 g/mol. The third-order valence-corrected chi connectivity index (χ3v) is 6.13. The van der Waals surface area contributed by atoms with Crippen LogP contribution >= 0.6 is 0 Å². The number of phenolic OH excluding ortho intramolecular Hbond substituents is 1. The topological polar surface area (TPSA) is 63.9 Å². The normalized spacial score (nSPS) is 12.8. The minimum atomic E-state index is -0.0975. The molecule has 1 aromatic carbocycles. The highest BCUT2D eigenvalue weighted by atomic mass is 16.3. The van der Waals surface area contributed by atoms with E-state index in [2.05, 4.69) is 58.6 Å². The molecule has 156 valence electrons.